The minimum Gasteiger partial charge on any atom is -0.355 e. The van der Waals surface area contributed by atoms with Crippen LogP contribution in [-0.2, 0) is 0 Å². The smallest absolute Gasteiger partial charge is 0.0658 e. The van der Waals surface area contributed by atoms with Crippen molar-refractivity contribution in [2.45, 2.75) is 25.7 Å². The highest BCUT2D eigenvalue weighted by molar-refractivity contribution is 7.13. The van der Waals surface area contributed by atoms with E-state index in [0.29, 0.717) is 11.8 Å². The Balaban J connectivity index is 1.70. The molecule has 0 fully saturated rings. The van der Waals surface area contributed by atoms with Gasteiger partial charge < -0.3 is 9.97 Å². The van der Waals surface area contributed by atoms with Crippen LogP contribution in [-0.4, -0.2) is 19.9 Å². The average molecular weight is 423 g/mol. The molecular formula is C26H22N4S. The van der Waals surface area contributed by atoms with E-state index in [9.17, 15) is 0 Å². The van der Waals surface area contributed by atoms with Gasteiger partial charge in [0, 0.05) is 55.7 Å². The standard InChI is InChI=1S/C26H22N4S/c1-15-16(2)24-14-21-11-22(26-4-3-9-31-26)25(29-21)13-20-8-6-18(28-20)10-17-5-7-19(27-17)12-23(15)30-24/h3-16,27,29H,1-2H3. The Hall–Kier alpha value is -3.44. The van der Waals surface area contributed by atoms with Crippen molar-refractivity contribution in [2.75, 3.05) is 0 Å². The van der Waals surface area contributed by atoms with Gasteiger partial charge in [-0.25, -0.2) is 4.98 Å². The lowest BCUT2D eigenvalue weighted by Gasteiger charge is -2.08. The van der Waals surface area contributed by atoms with E-state index < -0.39 is 0 Å². The molecule has 6 heterocycles. The number of nitrogens with zero attached hydrogens (tertiary/aromatic N) is 2. The maximum Gasteiger partial charge on any atom is 0.0658 e. The van der Waals surface area contributed by atoms with Gasteiger partial charge in [-0.15, -0.1) is 11.3 Å². The Kier molecular flexibility index (Phi) is 4.18. The van der Waals surface area contributed by atoms with Crippen LogP contribution >= 0.6 is 11.3 Å². The van der Waals surface area contributed by atoms with Gasteiger partial charge in [-0.2, -0.15) is 0 Å². The van der Waals surface area contributed by atoms with Crippen molar-refractivity contribution in [1.29, 1.82) is 0 Å². The Labute approximate surface area is 184 Å². The van der Waals surface area contributed by atoms with Crippen molar-refractivity contribution in [3.8, 4) is 10.4 Å². The van der Waals surface area contributed by atoms with Crippen LogP contribution in [0.4, 0.5) is 0 Å². The molecule has 8 bridgehead atoms. The molecule has 0 radical (unpaired) electrons. The molecule has 31 heavy (non-hydrogen) atoms. The molecule has 2 unspecified atom stereocenters. The maximum absolute atomic E-state index is 5.00. The van der Waals surface area contributed by atoms with E-state index in [-0.39, 0.29) is 0 Å². The molecule has 0 amide bonds. The molecule has 0 saturated heterocycles. The first-order valence-electron chi connectivity index (χ1n) is 10.6. The fourth-order valence-electron chi connectivity index (χ4n) is 4.29. The quantitative estimate of drug-likeness (QED) is 0.302. The molecule has 0 saturated carbocycles. The Morgan fingerprint density at radius 3 is 2.19 bits per heavy atom. The van der Waals surface area contributed by atoms with Crippen LogP contribution in [0.3, 0.4) is 0 Å². The molecular weight excluding hydrogens is 400 g/mol. The third-order valence-corrected chi connectivity index (χ3v) is 7.12. The van der Waals surface area contributed by atoms with Gasteiger partial charge in [-0.05, 0) is 66.1 Å². The number of aromatic nitrogens is 4. The van der Waals surface area contributed by atoms with Crippen LogP contribution in [0.1, 0.15) is 48.5 Å². The molecule has 4 aromatic rings. The second-order valence-corrected chi connectivity index (χ2v) is 9.26. The van der Waals surface area contributed by atoms with Crippen LogP contribution < -0.4 is 0 Å². The summed E-state index contributed by atoms with van der Waals surface area (Å²) >= 11 is 1.75. The molecule has 0 aliphatic carbocycles. The summed E-state index contributed by atoms with van der Waals surface area (Å²) in [5.74, 6) is 0.733. The lowest BCUT2D eigenvalue weighted by Crippen LogP contribution is -1.95. The SMILES string of the molecule is CC1c2cc3ccc(cc4nc(cc5[nH]c(cc(n2)C1C)cc5-c1cccs1)C=C4)[nH]3. The first-order valence-corrected chi connectivity index (χ1v) is 11.4. The van der Waals surface area contributed by atoms with Gasteiger partial charge >= 0.3 is 0 Å². The fourth-order valence-corrected chi connectivity index (χ4v) is 5.05. The van der Waals surface area contributed by atoms with Crippen molar-refractivity contribution in [3.63, 3.8) is 0 Å². The summed E-state index contributed by atoms with van der Waals surface area (Å²) < 4.78 is 0. The fraction of sp³-hybridized carbons (Fsp3) is 0.154. The maximum atomic E-state index is 5.00. The second kappa shape index (κ2) is 7.06. The van der Waals surface area contributed by atoms with Crippen LogP contribution in [0.2, 0.25) is 0 Å². The Bertz CT molecular complexity index is 1470. The lowest BCUT2D eigenvalue weighted by molar-refractivity contribution is 0.655. The van der Waals surface area contributed by atoms with Gasteiger partial charge in [0.1, 0.15) is 0 Å². The molecule has 0 aromatic carbocycles. The minimum absolute atomic E-state index is 0.364. The summed E-state index contributed by atoms with van der Waals surface area (Å²) in [6, 6.07) is 19.2. The molecule has 2 N–H and O–H groups in total. The van der Waals surface area contributed by atoms with Crippen molar-refractivity contribution in [2.24, 2.45) is 0 Å². The van der Waals surface area contributed by atoms with Crippen LogP contribution in [0.15, 0.2) is 60.0 Å². The van der Waals surface area contributed by atoms with E-state index in [0.717, 1.165) is 44.8 Å². The summed E-state index contributed by atoms with van der Waals surface area (Å²) in [5, 5.41) is 2.12. The molecule has 2 aliphatic heterocycles. The normalized spacial score (nSPS) is 17.9. The zero-order chi connectivity index (χ0) is 20.9. The van der Waals surface area contributed by atoms with Crippen molar-refractivity contribution in [3.05, 3.63) is 82.8 Å². The van der Waals surface area contributed by atoms with Gasteiger partial charge in [0.15, 0.2) is 0 Å². The predicted octanol–water partition coefficient (Wildman–Crippen LogP) is 7.12. The van der Waals surface area contributed by atoms with E-state index in [1.807, 2.05) is 0 Å². The van der Waals surface area contributed by atoms with E-state index >= 15 is 0 Å². The van der Waals surface area contributed by atoms with E-state index in [2.05, 4.69) is 95.9 Å². The Morgan fingerprint density at radius 2 is 1.45 bits per heavy atom. The molecule has 6 rings (SSSR count). The highest BCUT2D eigenvalue weighted by Gasteiger charge is 2.24. The third-order valence-electron chi connectivity index (χ3n) is 6.21. The molecule has 0 spiro atoms. The third kappa shape index (κ3) is 3.31. The predicted molar refractivity (Wildman–Crippen MR) is 130 cm³/mol. The molecule has 5 heteroatoms. The van der Waals surface area contributed by atoms with Crippen molar-refractivity contribution in [1.82, 2.24) is 19.9 Å². The summed E-state index contributed by atoms with van der Waals surface area (Å²) in [5.41, 5.74) is 9.56. The largest absolute Gasteiger partial charge is 0.355 e. The van der Waals surface area contributed by atoms with Crippen LogP contribution in [0.25, 0.3) is 44.7 Å². The van der Waals surface area contributed by atoms with Crippen LogP contribution in [0, 0.1) is 0 Å². The highest BCUT2D eigenvalue weighted by atomic mass is 32.1. The lowest BCUT2D eigenvalue weighted by atomic mass is 9.93. The molecule has 2 aliphatic rings. The molecule has 152 valence electrons. The Morgan fingerprint density at radius 1 is 0.742 bits per heavy atom. The zero-order valence-electron chi connectivity index (χ0n) is 17.4. The summed E-state index contributed by atoms with van der Waals surface area (Å²) in [6.45, 7) is 4.51. The summed E-state index contributed by atoms with van der Waals surface area (Å²) in [7, 11) is 0. The van der Waals surface area contributed by atoms with E-state index in [4.69, 9.17) is 9.97 Å². The van der Waals surface area contributed by atoms with Crippen molar-refractivity contribution < 1.29 is 0 Å². The molecule has 2 atom stereocenters. The van der Waals surface area contributed by atoms with Gasteiger partial charge in [0.2, 0.25) is 0 Å². The number of thiophene rings is 1. The molecule has 4 nitrogen and oxygen atoms in total. The van der Waals surface area contributed by atoms with Crippen LogP contribution in [0.5, 0.6) is 0 Å². The van der Waals surface area contributed by atoms with Gasteiger partial charge in [0.25, 0.3) is 0 Å². The number of H-pyrrole nitrogens is 2. The number of hydrogen-bond acceptors (Lipinski definition) is 3. The second-order valence-electron chi connectivity index (χ2n) is 8.31. The minimum atomic E-state index is 0.364. The van der Waals surface area contributed by atoms with Crippen molar-refractivity contribution >= 4 is 45.6 Å². The van der Waals surface area contributed by atoms with Gasteiger partial charge in [-0.1, -0.05) is 19.9 Å². The zero-order valence-corrected chi connectivity index (χ0v) is 18.2. The summed E-state index contributed by atoms with van der Waals surface area (Å²) in [6.07, 6.45) is 4.12. The first kappa shape index (κ1) is 18.3. The number of nitrogens with one attached hydrogen (secondary N) is 2. The van der Waals surface area contributed by atoms with Gasteiger partial charge in [-0.3, -0.25) is 4.98 Å². The first-order chi connectivity index (χ1) is 15.1. The molecule has 4 aromatic heterocycles. The van der Waals surface area contributed by atoms with Gasteiger partial charge in [0.05, 0.1) is 11.4 Å². The van der Waals surface area contributed by atoms with E-state index in [1.54, 1.807) is 11.3 Å². The summed E-state index contributed by atoms with van der Waals surface area (Å²) in [4.78, 5) is 18.1. The number of aromatic amines is 2. The number of fused-ring (bicyclic) bond motifs is 8. The highest BCUT2D eigenvalue weighted by Crippen LogP contribution is 2.36. The van der Waals surface area contributed by atoms with E-state index in [1.165, 1.54) is 10.4 Å². The monoisotopic (exact) mass is 422 g/mol. The average Bonchev–Trinajstić information content (AvgIpc) is 3.55. The number of rotatable bonds is 1. The topological polar surface area (TPSA) is 57.4 Å². The number of hydrogen-bond donors (Lipinski definition) is 2.